The largest absolute Gasteiger partial charge is 0.469 e. The molecule has 2 aromatic rings. The highest BCUT2D eigenvalue weighted by molar-refractivity contribution is 7.99. The van der Waals surface area contributed by atoms with E-state index in [9.17, 15) is 9.59 Å². The lowest BCUT2D eigenvalue weighted by Gasteiger charge is -2.27. The van der Waals surface area contributed by atoms with Crippen molar-refractivity contribution in [1.29, 1.82) is 0 Å². The van der Waals surface area contributed by atoms with Gasteiger partial charge in [-0.05, 0) is 43.0 Å². The van der Waals surface area contributed by atoms with Gasteiger partial charge in [0.25, 0.3) is 0 Å². The number of ether oxygens (including phenoxy) is 1. The lowest BCUT2D eigenvalue weighted by Crippen LogP contribution is -2.39. The van der Waals surface area contributed by atoms with Crippen LogP contribution in [0.25, 0.3) is 0 Å². The molecule has 4 nitrogen and oxygen atoms in total. The predicted octanol–water partition coefficient (Wildman–Crippen LogP) is 6.92. The first-order valence-electron chi connectivity index (χ1n) is 11.4. The van der Waals surface area contributed by atoms with Gasteiger partial charge >= 0.3 is 5.97 Å². The molecule has 0 aromatic heterocycles. The number of rotatable bonds is 14. The van der Waals surface area contributed by atoms with Crippen LogP contribution in [0.3, 0.4) is 0 Å². The number of esters is 1. The molecular formula is C26H33Cl2NO3S. The molecule has 0 spiro atoms. The average Bonchev–Trinajstić information content (AvgIpc) is 2.83. The Balaban J connectivity index is 2.11. The molecular weight excluding hydrogens is 477 g/mol. The van der Waals surface area contributed by atoms with E-state index in [0.29, 0.717) is 28.8 Å². The van der Waals surface area contributed by atoms with Gasteiger partial charge in [0, 0.05) is 36.1 Å². The van der Waals surface area contributed by atoms with Gasteiger partial charge in [-0.1, -0.05) is 73.3 Å². The lowest BCUT2D eigenvalue weighted by molar-refractivity contribution is -0.141. The monoisotopic (exact) mass is 509 g/mol. The summed E-state index contributed by atoms with van der Waals surface area (Å²) in [6, 6.07) is 15.7. The maximum Gasteiger partial charge on any atom is 0.305 e. The van der Waals surface area contributed by atoms with Gasteiger partial charge < -0.3 is 9.64 Å². The van der Waals surface area contributed by atoms with Crippen LogP contribution in [0.2, 0.25) is 10.0 Å². The number of nitrogens with zero attached hydrogens (tertiary/aromatic N) is 1. The number of halogens is 2. The Kier molecular flexibility index (Phi) is 12.7. The summed E-state index contributed by atoms with van der Waals surface area (Å²) in [5.74, 6) is 0.0669. The Morgan fingerprint density at radius 3 is 2.45 bits per heavy atom. The van der Waals surface area contributed by atoms with Gasteiger partial charge in [0.05, 0.1) is 17.2 Å². The topological polar surface area (TPSA) is 46.6 Å². The summed E-state index contributed by atoms with van der Waals surface area (Å²) in [6.07, 6.45) is 4.63. The Labute approximate surface area is 212 Å². The van der Waals surface area contributed by atoms with Gasteiger partial charge in [-0.2, -0.15) is 0 Å². The number of carbonyl (C=O) groups excluding carboxylic acids is 2. The van der Waals surface area contributed by atoms with Crippen molar-refractivity contribution < 1.29 is 14.3 Å². The van der Waals surface area contributed by atoms with Crippen LogP contribution in [0.1, 0.15) is 44.6 Å². The highest BCUT2D eigenvalue weighted by Gasteiger charge is 2.25. The van der Waals surface area contributed by atoms with Gasteiger partial charge in [-0.25, -0.2) is 0 Å². The molecule has 0 aliphatic heterocycles. The van der Waals surface area contributed by atoms with Crippen LogP contribution in [0, 0.1) is 5.92 Å². The van der Waals surface area contributed by atoms with Crippen LogP contribution in [-0.2, 0) is 20.7 Å². The van der Waals surface area contributed by atoms with Gasteiger partial charge in [0.15, 0.2) is 0 Å². The Hall–Kier alpha value is -1.69. The zero-order valence-corrected chi connectivity index (χ0v) is 21.7. The van der Waals surface area contributed by atoms with Crippen molar-refractivity contribution in [2.45, 2.75) is 50.3 Å². The minimum Gasteiger partial charge on any atom is -0.469 e. The SMILES string of the molecule is CCCCCN(CCc1ccccc1)C(=O)C(CCC(=O)OC)CSc1ccc(Cl)c(Cl)c1. The van der Waals surface area contributed by atoms with Crippen molar-refractivity contribution in [1.82, 2.24) is 4.90 Å². The molecule has 1 atom stereocenters. The number of hydrogen-bond acceptors (Lipinski definition) is 4. The first-order valence-corrected chi connectivity index (χ1v) is 13.2. The highest BCUT2D eigenvalue weighted by Crippen LogP contribution is 2.30. The minimum atomic E-state index is -0.297. The van der Waals surface area contributed by atoms with E-state index in [4.69, 9.17) is 27.9 Å². The van der Waals surface area contributed by atoms with Gasteiger partial charge in [0.1, 0.15) is 0 Å². The third-order valence-electron chi connectivity index (χ3n) is 5.47. The van der Waals surface area contributed by atoms with E-state index in [-0.39, 0.29) is 24.2 Å². The van der Waals surface area contributed by atoms with E-state index in [1.165, 1.54) is 12.7 Å². The van der Waals surface area contributed by atoms with Crippen molar-refractivity contribution in [2.75, 3.05) is 26.0 Å². The molecule has 0 bridgehead atoms. The maximum atomic E-state index is 13.6. The van der Waals surface area contributed by atoms with E-state index in [1.54, 1.807) is 17.8 Å². The summed E-state index contributed by atoms with van der Waals surface area (Å²) in [5, 5.41) is 0.991. The highest BCUT2D eigenvalue weighted by atomic mass is 35.5. The third kappa shape index (κ3) is 9.99. The summed E-state index contributed by atoms with van der Waals surface area (Å²) >= 11 is 13.7. The zero-order valence-electron chi connectivity index (χ0n) is 19.4. The first kappa shape index (κ1) is 27.6. The summed E-state index contributed by atoms with van der Waals surface area (Å²) in [7, 11) is 1.38. The molecule has 1 unspecified atom stereocenters. The fourth-order valence-corrected chi connectivity index (χ4v) is 4.92. The van der Waals surface area contributed by atoms with Crippen LogP contribution < -0.4 is 0 Å². The van der Waals surface area contributed by atoms with Gasteiger partial charge in [-0.15, -0.1) is 11.8 Å². The summed E-state index contributed by atoms with van der Waals surface area (Å²) in [6.45, 7) is 3.55. The Morgan fingerprint density at radius 2 is 1.79 bits per heavy atom. The number of unbranched alkanes of at least 4 members (excludes halogenated alkanes) is 2. The van der Waals surface area contributed by atoms with Crippen molar-refractivity contribution in [2.24, 2.45) is 5.92 Å². The summed E-state index contributed by atoms with van der Waals surface area (Å²) in [5.41, 5.74) is 1.21. The van der Waals surface area contributed by atoms with Gasteiger partial charge in [0.2, 0.25) is 5.91 Å². The van der Waals surface area contributed by atoms with Crippen LogP contribution in [0.15, 0.2) is 53.4 Å². The molecule has 33 heavy (non-hydrogen) atoms. The fourth-order valence-electron chi connectivity index (χ4n) is 3.49. The van der Waals surface area contributed by atoms with E-state index in [0.717, 1.165) is 37.1 Å². The quantitative estimate of drug-likeness (QED) is 0.157. The number of methoxy groups -OCH3 is 1. The molecule has 2 rings (SSSR count). The van der Waals surface area contributed by atoms with Crippen LogP contribution in [-0.4, -0.2) is 42.7 Å². The third-order valence-corrected chi connectivity index (χ3v) is 7.37. The molecule has 0 saturated heterocycles. The van der Waals surface area contributed by atoms with E-state index in [2.05, 4.69) is 19.1 Å². The molecule has 1 amide bonds. The van der Waals surface area contributed by atoms with Crippen molar-refractivity contribution in [3.63, 3.8) is 0 Å². The molecule has 0 aliphatic carbocycles. The first-order chi connectivity index (χ1) is 15.9. The molecule has 0 heterocycles. The molecule has 2 aromatic carbocycles. The lowest BCUT2D eigenvalue weighted by atomic mass is 10.0. The average molecular weight is 511 g/mol. The second kappa shape index (κ2) is 15.3. The molecule has 0 radical (unpaired) electrons. The standard InChI is InChI=1S/C26H33Cl2NO3S/c1-3-4-8-16-29(17-15-20-9-6-5-7-10-20)26(31)21(11-14-25(30)32-2)19-33-22-12-13-23(27)24(28)18-22/h5-7,9-10,12-13,18,21H,3-4,8,11,14-17,19H2,1-2H3. The smallest absolute Gasteiger partial charge is 0.305 e. The van der Waals surface area contributed by atoms with E-state index in [1.807, 2.05) is 35.2 Å². The van der Waals surface area contributed by atoms with E-state index < -0.39 is 0 Å². The van der Waals surface area contributed by atoms with Crippen LogP contribution in [0.4, 0.5) is 0 Å². The molecule has 0 fully saturated rings. The fraction of sp³-hybridized carbons (Fsp3) is 0.462. The predicted molar refractivity (Wildman–Crippen MR) is 138 cm³/mol. The normalized spacial score (nSPS) is 11.8. The van der Waals surface area contributed by atoms with Crippen molar-refractivity contribution in [3.8, 4) is 0 Å². The van der Waals surface area contributed by atoms with E-state index >= 15 is 0 Å². The molecule has 7 heteroatoms. The molecule has 180 valence electrons. The number of hydrogen-bond donors (Lipinski definition) is 0. The molecule has 0 aliphatic rings. The Bertz CT molecular complexity index is 879. The number of benzene rings is 2. The molecule has 0 N–H and O–H groups in total. The van der Waals surface area contributed by atoms with Gasteiger partial charge in [-0.3, -0.25) is 9.59 Å². The van der Waals surface area contributed by atoms with Crippen LogP contribution in [0.5, 0.6) is 0 Å². The second-order valence-electron chi connectivity index (χ2n) is 7.97. The summed E-state index contributed by atoms with van der Waals surface area (Å²) < 4.78 is 4.81. The number of thioether (sulfide) groups is 1. The minimum absolute atomic E-state index is 0.0958. The number of amides is 1. The van der Waals surface area contributed by atoms with Crippen LogP contribution >= 0.6 is 35.0 Å². The second-order valence-corrected chi connectivity index (χ2v) is 9.87. The maximum absolute atomic E-state index is 13.6. The summed E-state index contributed by atoms with van der Waals surface area (Å²) in [4.78, 5) is 28.3. The van der Waals surface area contributed by atoms with Crippen molar-refractivity contribution in [3.05, 3.63) is 64.1 Å². The number of carbonyl (C=O) groups is 2. The Morgan fingerprint density at radius 1 is 1.03 bits per heavy atom. The molecule has 0 saturated carbocycles. The zero-order chi connectivity index (χ0) is 24.1. The van der Waals surface area contributed by atoms with Crippen molar-refractivity contribution >= 4 is 46.8 Å².